The molecule has 2 aromatic carbocycles. The zero-order valence-electron chi connectivity index (χ0n) is 18.1. The van der Waals surface area contributed by atoms with Gasteiger partial charge in [-0.2, -0.15) is 9.05 Å². The summed E-state index contributed by atoms with van der Waals surface area (Å²) in [5.74, 6) is -0.618. The summed E-state index contributed by atoms with van der Waals surface area (Å²) in [5, 5.41) is 25.1. The van der Waals surface area contributed by atoms with Crippen LogP contribution in [-0.4, -0.2) is 34.6 Å². The first-order valence-electron chi connectivity index (χ1n) is 10.1. The second-order valence-electron chi connectivity index (χ2n) is 7.59. The van der Waals surface area contributed by atoms with Crippen molar-refractivity contribution in [3.05, 3.63) is 71.8 Å². The first kappa shape index (κ1) is 25.4. The fraction of sp³-hybridized carbons (Fsp3) is 0.409. The second-order valence-corrected chi connectivity index (χ2v) is 9.26. The number of benzene rings is 2. The summed E-state index contributed by atoms with van der Waals surface area (Å²) in [6.45, 7) is 6.85. The summed E-state index contributed by atoms with van der Waals surface area (Å²) in [6, 6.07) is 15.0. The monoisotopic (exact) mass is 450 g/mol. The molecule has 0 aliphatic heterocycles. The first-order valence-corrected chi connectivity index (χ1v) is 11.7. The van der Waals surface area contributed by atoms with Crippen molar-refractivity contribution in [2.24, 2.45) is 0 Å². The van der Waals surface area contributed by atoms with E-state index < -0.39 is 44.6 Å². The van der Waals surface area contributed by atoms with Crippen LogP contribution in [-0.2, 0) is 13.8 Å². The van der Waals surface area contributed by atoms with E-state index in [9.17, 15) is 19.9 Å². The Morgan fingerprint density at radius 1 is 0.871 bits per heavy atom. The van der Waals surface area contributed by atoms with Gasteiger partial charge in [-0.05, 0) is 38.8 Å². The van der Waals surface area contributed by atoms with Gasteiger partial charge in [0.1, 0.15) is 24.3 Å². The van der Waals surface area contributed by atoms with Crippen LogP contribution in [0.2, 0.25) is 0 Å². The van der Waals surface area contributed by atoms with Gasteiger partial charge in [-0.15, -0.1) is 5.09 Å². The molecule has 0 saturated carbocycles. The summed E-state index contributed by atoms with van der Waals surface area (Å²) in [7, 11) is -3.88. The van der Waals surface area contributed by atoms with Gasteiger partial charge in [0.15, 0.2) is 6.29 Å². The van der Waals surface area contributed by atoms with Crippen molar-refractivity contribution >= 4 is 14.0 Å². The molecule has 0 aromatic heterocycles. The van der Waals surface area contributed by atoms with E-state index >= 15 is 0 Å². The van der Waals surface area contributed by atoms with E-state index in [0.29, 0.717) is 11.1 Å². The zero-order chi connectivity index (χ0) is 23.0. The molecule has 0 aliphatic carbocycles. The molecule has 4 N–H and O–H groups in total. The molecule has 170 valence electrons. The fourth-order valence-electron chi connectivity index (χ4n) is 2.96. The maximum absolute atomic E-state index is 13.4. The standard InChI is InChI=1S/C22H31N2O6P/c1-15(2)29-31(28,30-16(3)4)24-19(17-11-7-5-8-12-17)21(25)23-20(22(26)27)18-13-9-6-10-14-18/h5-16,19-20,22,26-27H,1-4H3,(H,23,25)(H,24,28)/t19-,20-/m0/s1. The van der Waals surface area contributed by atoms with Crippen LogP contribution >= 0.6 is 8.09 Å². The molecule has 0 spiro atoms. The van der Waals surface area contributed by atoms with Crippen LogP contribution in [0.15, 0.2) is 60.7 Å². The van der Waals surface area contributed by atoms with Gasteiger partial charge in [-0.1, -0.05) is 60.7 Å². The van der Waals surface area contributed by atoms with Gasteiger partial charge in [0.2, 0.25) is 5.91 Å². The van der Waals surface area contributed by atoms with Gasteiger partial charge in [0.05, 0.1) is 0 Å². The summed E-state index contributed by atoms with van der Waals surface area (Å²) in [6.07, 6.45) is -2.69. The minimum absolute atomic E-state index is 0.423. The van der Waals surface area contributed by atoms with Gasteiger partial charge >= 0.3 is 8.09 Å². The van der Waals surface area contributed by atoms with E-state index in [0.717, 1.165) is 0 Å². The third-order valence-electron chi connectivity index (χ3n) is 4.14. The van der Waals surface area contributed by atoms with Crippen molar-refractivity contribution < 1.29 is 28.9 Å². The lowest BCUT2D eigenvalue weighted by atomic mass is 10.0. The quantitative estimate of drug-likeness (QED) is 0.306. The highest BCUT2D eigenvalue weighted by molar-refractivity contribution is 7.57. The molecule has 0 unspecified atom stereocenters. The van der Waals surface area contributed by atoms with E-state index in [1.807, 2.05) is 0 Å². The molecular weight excluding hydrogens is 419 g/mol. The van der Waals surface area contributed by atoms with Gasteiger partial charge in [-0.3, -0.25) is 4.79 Å². The van der Waals surface area contributed by atoms with Gasteiger partial charge in [0.25, 0.3) is 0 Å². The molecule has 0 saturated heterocycles. The van der Waals surface area contributed by atoms with Gasteiger partial charge < -0.3 is 20.4 Å². The second kappa shape index (κ2) is 11.6. The van der Waals surface area contributed by atoms with E-state index in [1.54, 1.807) is 88.4 Å². The predicted octanol–water partition coefficient (Wildman–Crippen LogP) is 2.37. The van der Waals surface area contributed by atoms with Crippen LogP contribution in [0, 0.1) is 0 Å². The molecule has 2 atom stereocenters. The van der Waals surface area contributed by atoms with Crippen LogP contribution in [0.3, 0.4) is 0 Å². The molecule has 8 nitrogen and oxygen atoms in total. The third-order valence-corrected chi connectivity index (χ3v) is 6.11. The largest absolute Gasteiger partial charge is 0.616 e. The highest BCUT2D eigenvalue weighted by Gasteiger charge is 2.40. The molecule has 2 rings (SSSR count). The SMILES string of the molecule is CC(C)O[P+]([O-])(N[C@H](C(=O)N[C@@H](c1ccccc1)C(O)O)c1ccccc1)OC(C)C. The van der Waals surface area contributed by atoms with Crippen LogP contribution in [0.5, 0.6) is 0 Å². The van der Waals surface area contributed by atoms with Gasteiger partial charge in [0, 0.05) is 0 Å². The minimum Gasteiger partial charge on any atom is -0.616 e. The number of nitrogens with one attached hydrogen (secondary N) is 2. The fourth-order valence-corrected chi connectivity index (χ4v) is 4.82. The lowest BCUT2D eigenvalue weighted by Crippen LogP contribution is -2.45. The van der Waals surface area contributed by atoms with E-state index in [2.05, 4.69) is 10.4 Å². The Hall–Kier alpha value is -1.90. The molecule has 0 radical (unpaired) electrons. The number of hydrogen-bond donors (Lipinski definition) is 4. The maximum atomic E-state index is 13.4. The first-order chi connectivity index (χ1) is 14.6. The number of aliphatic hydroxyl groups excluding tert-OH is 1. The maximum Gasteiger partial charge on any atom is 0.314 e. The van der Waals surface area contributed by atoms with Crippen LogP contribution < -0.4 is 15.3 Å². The predicted molar refractivity (Wildman–Crippen MR) is 117 cm³/mol. The van der Waals surface area contributed by atoms with Crippen molar-refractivity contribution in [2.75, 3.05) is 0 Å². The number of carbonyl (C=O) groups is 1. The summed E-state index contributed by atoms with van der Waals surface area (Å²) < 4.78 is 11.1. The highest BCUT2D eigenvalue weighted by atomic mass is 31.2. The average molecular weight is 450 g/mol. The summed E-state index contributed by atoms with van der Waals surface area (Å²) in [4.78, 5) is 26.6. The Morgan fingerprint density at radius 2 is 1.32 bits per heavy atom. The van der Waals surface area contributed by atoms with Crippen LogP contribution in [0.25, 0.3) is 0 Å². The molecule has 1 amide bonds. The molecular formula is C22H31N2O6P. The smallest absolute Gasteiger partial charge is 0.314 e. The van der Waals surface area contributed by atoms with Crippen LogP contribution in [0.4, 0.5) is 0 Å². The Labute approximate surface area is 183 Å². The molecule has 0 heterocycles. The van der Waals surface area contributed by atoms with Crippen molar-refractivity contribution in [3.63, 3.8) is 0 Å². The Balaban J connectivity index is 2.35. The number of hydrogen-bond acceptors (Lipinski definition) is 7. The topological polar surface area (TPSA) is 123 Å². The van der Waals surface area contributed by atoms with Crippen LogP contribution in [0.1, 0.15) is 50.9 Å². The number of amides is 1. The van der Waals surface area contributed by atoms with E-state index in [1.165, 1.54) is 0 Å². The van der Waals surface area contributed by atoms with Crippen molar-refractivity contribution in [1.29, 1.82) is 0 Å². The highest BCUT2D eigenvalue weighted by Crippen LogP contribution is 2.52. The van der Waals surface area contributed by atoms with Crippen molar-refractivity contribution in [1.82, 2.24) is 10.4 Å². The summed E-state index contributed by atoms with van der Waals surface area (Å²) >= 11 is 0. The molecule has 9 heteroatoms. The average Bonchev–Trinajstić information content (AvgIpc) is 2.70. The third kappa shape index (κ3) is 7.94. The lowest BCUT2D eigenvalue weighted by molar-refractivity contribution is -0.230. The normalized spacial score (nSPS) is 14.1. The molecule has 0 aliphatic rings. The van der Waals surface area contributed by atoms with Gasteiger partial charge in [-0.25, -0.2) is 0 Å². The number of carbonyl (C=O) groups excluding carboxylic acids is 1. The zero-order valence-corrected chi connectivity index (χ0v) is 19.0. The molecule has 0 fully saturated rings. The molecule has 31 heavy (non-hydrogen) atoms. The Morgan fingerprint density at radius 3 is 1.74 bits per heavy atom. The number of aliphatic hydroxyl groups is 2. The summed E-state index contributed by atoms with van der Waals surface area (Å²) in [5.41, 5.74) is 1.02. The van der Waals surface area contributed by atoms with E-state index in [-0.39, 0.29) is 0 Å². The Kier molecular flexibility index (Phi) is 9.53. The molecule has 0 bridgehead atoms. The Bertz CT molecular complexity index is 794. The van der Waals surface area contributed by atoms with Crippen molar-refractivity contribution in [2.45, 2.75) is 58.3 Å². The van der Waals surface area contributed by atoms with Crippen molar-refractivity contribution in [3.8, 4) is 0 Å². The number of rotatable bonds is 11. The minimum atomic E-state index is -3.88. The lowest BCUT2D eigenvalue weighted by Gasteiger charge is -2.33. The van der Waals surface area contributed by atoms with E-state index in [4.69, 9.17) is 9.05 Å². The molecule has 2 aromatic rings.